The van der Waals surface area contributed by atoms with E-state index in [4.69, 9.17) is 0 Å². The van der Waals surface area contributed by atoms with Crippen LogP contribution in [0.3, 0.4) is 0 Å². The maximum atomic E-state index is 12.2. The number of amides is 1. The van der Waals surface area contributed by atoms with E-state index in [0.29, 0.717) is 24.1 Å². The fourth-order valence-electron chi connectivity index (χ4n) is 2.56. The number of nitrogens with one attached hydrogen (secondary N) is 1. The summed E-state index contributed by atoms with van der Waals surface area (Å²) in [6.07, 6.45) is 0.755. The van der Waals surface area contributed by atoms with Gasteiger partial charge in [-0.05, 0) is 17.1 Å². The Morgan fingerprint density at radius 2 is 2.14 bits per heavy atom. The van der Waals surface area contributed by atoms with Crippen molar-refractivity contribution in [3.05, 3.63) is 29.8 Å². The Hall–Kier alpha value is -1.79. The van der Waals surface area contributed by atoms with E-state index in [1.165, 1.54) is 0 Å². The third-order valence-electron chi connectivity index (χ3n) is 3.75. The van der Waals surface area contributed by atoms with Gasteiger partial charge in [0, 0.05) is 38.2 Å². The molecule has 1 aliphatic heterocycles. The summed E-state index contributed by atoms with van der Waals surface area (Å²) >= 11 is 0. The van der Waals surface area contributed by atoms with E-state index in [1.54, 1.807) is 31.0 Å². The molecule has 1 aromatic carbocycles. The number of carbonyl (C=O) groups is 1. The molecule has 0 spiro atoms. The first-order valence-electron chi connectivity index (χ1n) is 7.15. The van der Waals surface area contributed by atoms with E-state index in [2.05, 4.69) is 11.9 Å². The van der Waals surface area contributed by atoms with E-state index in [9.17, 15) is 15.0 Å². The van der Waals surface area contributed by atoms with Crippen molar-refractivity contribution in [2.75, 3.05) is 26.2 Å². The van der Waals surface area contributed by atoms with Crippen LogP contribution in [-0.2, 0) is 11.2 Å². The molecule has 5 nitrogen and oxygen atoms in total. The van der Waals surface area contributed by atoms with Gasteiger partial charge in [0.05, 0.1) is 0 Å². The van der Waals surface area contributed by atoms with Crippen LogP contribution in [0, 0.1) is 0 Å². The zero-order valence-corrected chi connectivity index (χ0v) is 12.3. The highest BCUT2D eigenvalue weighted by atomic mass is 16.3. The summed E-state index contributed by atoms with van der Waals surface area (Å²) in [6.45, 7) is 6.43. The molecule has 6 heteroatoms. The number of hydrogen-bond donors (Lipinski definition) is 3. The molecule has 1 saturated heterocycles. The second-order valence-electron chi connectivity index (χ2n) is 5.35. The molecule has 0 unspecified atom stereocenters. The molecule has 1 heterocycles. The molecule has 1 atom stereocenters. The molecule has 0 saturated carbocycles. The van der Waals surface area contributed by atoms with Gasteiger partial charge in [-0.15, -0.1) is 0 Å². The number of aromatic hydroxyl groups is 1. The highest BCUT2D eigenvalue weighted by Gasteiger charge is 2.24. The van der Waals surface area contributed by atoms with Crippen LogP contribution in [0.2, 0.25) is 0 Å². The number of aliphatic hydroxyl groups is 1. The Morgan fingerprint density at radius 1 is 1.48 bits per heavy atom. The maximum absolute atomic E-state index is 12.2. The molecule has 21 heavy (non-hydrogen) atoms. The van der Waals surface area contributed by atoms with E-state index >= 15 is 0 Å². The SMILES string of the molecule is Bc1cc(C[C@@H](O)C(=O)N2CCNCC2)cc(C=C)c1O. The summed E-state index contributed by atoms with van der Waals surface area (Å²) < 4.78 is 0. The summed E-state index contributed by atoms with van der Waals surface area (Å²) in [6, 6.07) is 3.54. The molecule has 112 valence electrons. The van der Waals surface area contributed by atoms with E-state index in [-0.39, 0.29) is 18.1 Å². The Kier molecular flexibility index (Phi) is 5.04. The number of nitrogens with zero attached hydrogens (tertiary/aromatic N) is 1. The van der Waals surface area contributed by atoms with Crippen molar-refractivity contribution in [1.29, 1.82) is 0 Å². The van der Waals surface area contributed by atoms with Crippen molar-refractivity contribution in [2.24, 2.45) is 0 Å². The quantitative estimate of drug-likeness (QED) is 0.598. The maximum Gasteiger partial charge on any atom is 0.251 e. The van der Waals surface area contributed by atoms with Gasteiger partial charge in [-0.2, -0.15) is 0 Å². The molecule has 0 aromatic heterocycles. The number of hydrogen-bond acceptors (Lipinski definition) is 4. The van der Waals surface area contributed by atoms with Gasteiger partial charge < -0.3 is 20.4 Å². The molecule has 1 fully saturated rings. The van der Waals surface area contributed by atoms with Crippen LogP contribution < -0.4 is 10.8 Å². The third kappa shape index (κ3) is 3.65. The molecular weight excluding hydrogens is 267 g/mol. The predicted molar refractivity (Wildman–Crippen MR) is 85.5 cm³/mol. The summed E-state index contributed by atoms with van der Waals surface area (Å²) in [5.41, 5.74) is 2.15. The number of aliphatic hydroxyl groups excluding tert-OH is 1. The van der Waals surface area contributed by atoms with E-state index in [0.717, 1.165) is 18.7 Å². The number of piperazine rings is 1. The third-order valence-corrected chi connectivity index (χ3v) is 3.75. The van der Waals surface area contributed by atoms with Crippen molar-refractivity contribution in [3.8, 4) is 5.75 Å². The van der Waals surface area contributed by atoms with Gasteiger partial charge in [0.25, 0.3) is 5.91 Å². The van der Waals surface area contributed by atoms with Gasteiger partial charge in [0.1, 0.15) is 19.7 Å². The average molecular weight is 288 g/mol. The van der Waals surface area contributed by atoms with Crippen molar-refractivity contribution in [1.82, 2.24) is 10.2 Å². The number of benzene rings is 1. The van der Waals surface area contributed by atoms with Crippen molar-refractivity contribution < 1.29 is 15.0 Å². The van der Waals surface area contributed by atoms with Gasteiger partial charge in [-0.3, -0.25) is 4.79 Å². The summed E-state index contributed by atoms with van der Waals surface area (Å²) in [5.74, 6) is -0.0425. The van der Waals surface area contributed by atoms with Gasteiger partial charge >= 0.3 is 0 Å². The monoisotopic (exact) mass is 288 g/mol. The Morgan fingerprint density at radius 3 is 2.76 bits per heavy atom. The van der Waals surface area contributed by atoms with Crippen LogP contribution in [0.15, 0.2) is 18.7 Å². The first-order valence-corrected chi connectivity index (χ1v) is 7.15. The van der Waals surface area contributed by atoms with Gasteiger partial charge in [-0.1, -0.05) is 18.7 Å². The topological polar surface area (TPSA) is 72.8 Å². The Labute approximate surface area is 125 Å². The average Bonchev–Trinajstić information content (AvgIpc) is 2.50. The fraction of sp³-hybridized carbons (Fsp3) is 0.400. The molecule has 0 aliphatic carbocycles. The Bertz CT molecular complexity index is 542. The minimum absolute atomic E-state index is 0.191. The lowest BCUT2D eigenvalue weighted by atomic mass is 9.89. The molecular formula is C15H21BN2O3. The molecule has 0 bridgehead atoms. The van der Waals surface area contributed by atoms with Crippen LogP contribution >= 0.6 is 0 Å². The predicted octanol–water partition coefficient (Wildman–Crippen LogP) is -1.37. The summed E-state index contributed by atoms with van der Waals surface area (Å²) in [5, 5.41) is 23.2. The van der Waals surface area contributed by atoms with Crippen molar-refractivity contribution in [3.63, 3.8) is 0 Å². The Balaban J connectivity index is 2.08. The van der Waals surface area contributed by atoms with Crippen molar-refractivity contribution in [2.45, 2.75) is 12.5 Å². The smallest absolute Gasteiger partial charge is 0.251 e. The van der Waals surface area contributed by atoms with Crippen molar-refractivity contribution >= 4 is 25.3 Å². The molecule has 3 N–H and O–H groups in total. The summed E-state index contributed by atoms with van der Waals surface area (Å²) in [4.78, 5) is 13.9. The molecule has 2 rings (SSSR count). The molecule has 1 aromatic rings. The van der Waals surface area contributed by atoms with Crippen LogP contribution in [-0.4, -0.2) is 61.1 Å². The number of phenols is 1. The van der Waals surface area contributed by atoms with E-state index < -0.39 is 6.10 Å². The fourth-order valence-corrected chi connectivity index (χ4v) is 2.56. The minimum Gasteiger partial charge on any atom is -0.508 e. The largest absolute Gasteiger partial charge is 0.508 e. The first kappa shape index (κ1) is 15.6. The van der Waals surface area contributed by atoms with Crippen LogP contribution in [0.25, 0.3) is 6.08 Å². The summed E-state index contributed by atoms with van der Waals surface area (Å²) in [7, 11) is 1.79. The zero-order valence-electron chi connectivity index (χ0n) is 12.3. The van der Waals surface area contributed by atoms with Gasteiger partial charge in [-0.25, -0.2) is 0 Å². The highest BCUT2D eigenvalue weighted by molar-refractivity contribution is 6.34. The van der Waals surface area contributed by atoms with Crippen LogP contribution in [0.1, 0.15) is 11.1 Å². The lowest BCUT2D eigenvalue weighted by Gasteiger charge is -2.29. The first-order chi connectivity index (χ1) is 10.0. The van der Waals surface area contributed by atoms with Crippen LogP contribution in [0.4, 0.5) is 0 Å². The highest BCUT2D eigenvalue weighted by Crippen LogP contribution is 2.18. The molecule has 1 aliphatic rings. The normalized spacial score (nSPS) is 16.5. The molecule has 0 radical (unpaired) electrons. The lowest BCUT2D eigenvalue weighted by Crippen LogP contribution is -2.50. The number of rotatable bonds is 4. The molecule has 1 amide bonds. The van der Waals surface area contributed by atoms with Gasteiger partial charge in [0.15, 0.2) is 0 Å². The second kappa shape index (κ2) is 6.78. The van der Waals surface area contributed by atoms with Gasteiger partial charge in [0.2, 0.25) is 0 Å². The standard InChI is InChI=1S/C15H21BN2O3/c1-2-11-7-10(8-12(16)14(11)20)9-13(19)15(21)18-5-3-17-4-6-18/h2,7-8,13,17,19-20H,1,3-6,9,16H2/t13-/m1/s1. The van der Waals surface area contributed by atoms with E-state index in [1.807, 2.05) is 0 Å². The zero-order chi connectivity index (χ0) is 15.4. The number of carbonyl (C=O) groups excluding carboxylic acids is 1. The lowest BCUT2D eigenvalue weighted by molar-refractivity contribution is -0.140. The van der Waals surface area contributed by atoms with Crippen LogP contribution in [0.5, 0.6) is 5.75 Å². The number of phenolic OH excluding ortho intramolecular Hbond substituents is 1. The second-order valence-corrected chi connectivity index (χ2v) is 5.35. The minimum atomic E-state index is -1.05.